The van der Waals surface area contributed by atoms with Crippen LogP contribution in [0.5, 0.6) is 0 Å². The van der Waals surface area contributed by atoms with Gasteiger partial charge in [0.25, 0.3) is 6.71 Å². The molecule has 3 nitrogen and oxygen atoms in total. The van der Waals surface area contributed by atoms with Crippen LogP contribution in [0.1, 0.15) is 6.93 Å². The van der Waals surface area contributed by atoms with Gasteiger partial charge in [-0.25, -0.2) is 0 Å². The molecule has 2 aliphatic rings. The standard InChI is InChI=1S/C43H32BN3/c1-31-25-28-39-38(29-31)44-37-27-26-36(45(32-15-6-2-7-16-32)33-17-8-3-9-18-33)30-42(37)47(35-21-12-5-13-22-35)41-24-14-23-40(43(41)44)46(39)34-19-10-4-11-20-34/h2-30H,1H3/i14D. The van der Waals surface area contributed by atoms with Gasteiger partial charge in [0.2, 0.25) is 0 Å². The quantitative estimate of drug-likeness (QED) is 0.182. The first-order valence-corrected chi connectivity index (χ1v) is 16.2. The zero-order chi connectivity index (χ0) is 32.2. The summed E-state index contributed by atoms with van der Waals surface area (Å²) in [5.74, 6) is 0. The van der Waals surface area contributed by atoms with E-state index in [0.29, 0.717) is 6.04 Å². The van der Waals surface area contributed by atoms with Gasteiger partial charge in [-0.1, -0.05) is 103 Å². The fourth-order valence-electron chi connectivity index (χ4n) is 7.42. The Hall–Kier alpha value is -6.00. The first-order chi connectivity index (χ1) is 23.7. The lowest BCUT2D eigenvalue weighted by Crippen LogP contribution is -2.61. The Labute approximate surface area is 278 Å². The number of nitrogens with zero attached hydrogens (tertiary/aromatic N) is 3. The van der Waals surface area contributed by atoms with Crippen molar-refractivity contribution in [2.24, 2.45) is 0 Å². The van der Waals surface area contributed by atoms with Crippen LogP contribution in [0.3, 0.4) is 0 Å². The van der Waals surface area contributed by atoms with E-state index >= 15 is 0 Å². The fraction of sp³-hybridized carbons (Fsp3) is 0.0233. The summed E-state index contributed by atoms with van der Waals surface area (Å²) in [4.78, 5) is 7.03. The van der Waals surface area contributed by atoms with Crippen LogP contribution in [0.25, 0.3) is 0 Å². The highest BCUT2D eigenvalue weighted by Gasteiger charge is 2.43. The Balaban J connectivity index is 1.34. The molecule has 4 heteroatoms. The molecule has 0 radical (unpaired) electrons. The third kappa shape index (κ3) is 4.45. The van der Waals surface area contributed by atoms with Crippen molar-refractivity contribution in [2.75, 3.05) is 14.7 Å². The molecule has 0 N–H and O–H groups in total. The predicted molar refractivity (Wildman–Crippen MR) is 200 cm³/mol. The Morgan fingerprint density at radius 2 is 1.00 bits per heavy atom. The zero-order valence-electron chi connectivity index (χ0n) is 27.1. The molecule has 47 heavy (non-hydrogen) atoms. The smallest absolute Gasteiger partial charge is 0.252 e. The van der Waals surface area contributed by atoms with Crippen LogP contribution < -0.4 is 31.1 Å². The van der Waals surface area contributed by atoms with E-state index in [0.717, 1.165) is 51.2 Å². The fourth-order valence-corrected chi connectivity index (χ4v) is 7.42. The summed E-state index contributed by atoms with van der Waals surface area (Å²) < 4.78 is 9.15. The maximum atomic E-state index is 9.15. The van der Waals surface area contributed by atoms with Crippen LogP contribution in [0.2, 0.25) is 0 Å². The van der Waals surface area contributed by atoms with Crippen LogP contribution in [0.15, 0.2) is 176 Å². The second-order valence-corrected chi connectivity index (χ2v) is 12.2. The van der Waals surface area contributed by atoms with Crippen LogP contribution >= 0.6 is 0 Å². The number of anilines is 9. The van der Waals surface area contributed by atoms with E-state index < -0.39 is 0 Å². The Kier molecular flexibility index (Phi) is 6.21. The molecule has 7 aromatic rings. The summed E-state index contributed by atoms with van der Waals surface area (Å²) >= 11 is 0. The molecule has 0 aromatic heterocycles. The molecule has 2 heterocycles. The highest BCUT2D eigenvalue weighted by molar-refractivity contribution is 7.00. The molecule has 222 valence electrons. The zero-order valence-corrected chi connectivity index (χ0v) is 26.1. The number of benzene rings is 7. The first kappa shape index (κ1) is 26.2. The SMILES string of the molecule is [2H]c1cc2c3c(c1)N(c1ccccc1)c1cc(N(c4ccccc4)c4ccccc4)ccc1B3c1cc(C)ccc1N2c1ccccc1. The van der Waals surface area contributed by atoms with Crippen LogP contribution in [-0.2, 0) is 0 Å². The number of fused-ring (bicyclic) bond motifs is 4. The molecule has 0 spiro atoms. The van der Waals surface area contributed by atoms with E-state index in [1.54, 1.807) is 0 Å². The van der Waals surface area contributed by atoms with Crippen molar-refractivity contribution in [3.63, 3.8) is 0 Å². The molecule has 0 unspecified atom stereocenters. The largest absolute Gasteiger partial charge is 0.311 e. The summed E-state index contributed by atoms with van der Waals surface area (Å²) in [5, 5.41) is 0. The second kappa shape index (κ2) is 11.1. The Bertz CT molecular complexity index is 2240. The van der Waals surface area contributed by atoms with Crippen molar-refractivity contribution in [3.05, 3.63) is 181 Å². The molecule has 0 saturated heterocycles. The number of para-hydroxylation sites is 4. The van der Waals surface area contributed by atoms with Crippen molar-refractivity contribution in [3.8, 4) is 0 Å². The van der Waals surface area contributed by atoms with Crippen molar-refractivity contribution in [2.45, 2.75) is 6.92 Å². The van der Waals surface area contributed by atoms with E-state index in [2.05, 4.69) is 179 Å². The van der Waals surface area contributed by atoms with Crippen molar-refractivity contribution in [1.82, 2.24) is 0 Å². The number of hydrogen-bond acceptors (Lipinski definition) is 3. The maximum Gasteiger partial charge on any atom is 0.252 e. The maximum absolute atomic E-state index is 9.15. The molecule has 0 fully saturated rings. The molecule has 2 aliphatic heterocycles. The van der Waals surface area contributed by atoms with E-state index in [4.69, 9.17) is 1.37 Å². The summed E-state index contributed by atoms with van der Waals surface area (Å²) in [5.41, 5.74) is 14.7. The molecule has 0 atom stereocenters. The van der Waals surface area contributed by atoms with Crippen molar-refractivity contribution < 1.29 is 1.37 Å². The third-order valence-corrected chi connectivity index (χ3v) is 9.38. The lowest BCUT2D eigenvalue weighted by atomic mass is 9.33. The van der Waals surface area contributed by atoms with E-state index in [-0.39, 0.29) is 6.71 Å². The predicted octanol–water partition coefficient (Wildman–Crippen LogP) is 9.55. The summed E-state index contributed by atoms with van der Waals surface area (Å²) in [7, 11) is 0. The average molecular weight is 603 g/mol. The third-order valence-electron chi connectivity index (χ3n) is 9.38. The summed E-state index contributed by atoms with van der Waals surface area (Å²) in [6, 6.07) is 60.6. The van der Waals surface area contributed by atoms with Gasteiger partial charge in [-0.3, -0.25) is 0 Å². The van der Waals surface area contributed by atoms with E-state index in [1.165, 1.54) is 22.0 Å². The minimum absolute atomic E-state index is 0.00336. The van der Waals surface area contributed by atoms with Crippen LogP contribution in [0.4, 0.5) is 51.2 Å². The normalized spacial score (nSPS) is 13.0. The average Bonchev–Trinajstić information content (AvgIpc) is 3.13. The molecule has 9 rings (SSSR count). The van der Waals surface area contributed by atoms with Crippen LogP contribution in [0, 0.1) is 6.92 Å². The second-order valence-electron chi connectivity index (χ2n) is 12.2. The molecule has 0 aliphatic carbocycles. The number of aryl methyl sites for hydroxylation is 1. The minimum Gasteiger partial charge on any atom is -0.311 e. The van der Waals surface area contributed by atoms with Gasteiger partial charge in [-0.05, 0) is 102 Å². The molecule has 0 saturated carbocycles. The van der Waals surface area contributed by atoms with Gasteiger partial charge >= 0.3 is 0 Å². The first-order valence-electron chi connectivity index (χ1n) is 16.7. The van der Waals surface area contributed by atoms with Gasteiger partial charge < -0.3 is 14.7 Å². The molecular weight excluding hydrogens is 569 g/mol. The highest BCUT2D eigenvalue weighted by Crippen LogP contribution is 2.45. The monoisotopic (exact) mass is 602 g/mol. The van der Waals surface area contributed by atoms with E-state index in [1.807, 2.05) is 12.1 Å². The minimum atomic E-state index is -0.00336. The van der Waals surface area contributed by atoms with Crippen molar-refractivity contribution >= 4 is 74.3 Å². The van der Waals surface area contributed by atoms with Gasteiger partial charge in [0.05, 0.1) is 1.37 Å². The summed E-state index contributed by atoms with van der Waals surface area (Å²) in [6.45, 7) is 2.17. The molecule has 7 aromatic carbocycles. The van der Waals surface area contributed by atoms with Gasteiger partial charge in [0.15, 0.2) is 0 Å². The van der Waals surface area contributed by atoms with E-state index in [9.17, 15) is 0 Å². The van der Waals surface area contributed by atoms with Crippen molar-refractivity contribution in [1.29, 1.82) is 0 Å². The topological polar surface area (TPSA) is 9.72 Å². The number of hydrogen-bond donors (Lipinski definition) is 0. The van der Waals surface area contributed by atoms with Gasteiger partial charge in [-0.2, -0.15) is 0 Å². The molecule has 0 bridgehead atoms. The highest BCUT2D eigenvalue weighted by atomic mass is 15.2. The lowest BCUT2D eigenvalue weighted by Gasteiger charge is -2.44. The molecule has 0 amide bonds. The number of rotatable bonds is 5. The van der Waals surface area contributed by atoms with Gasteiger partial charge in [-0.15, -0.1) is 0 Å². The Morgan fingerprint density at radius 3 is 1.57 bits per heavy atom. The van der Waals surface area contributed by atoms with Gasteiger partial charge in [0, 0.05) is 51.2 Å². The van der Waals surface area contributed by atoms with Crippen LogP contribution in [-0.4, -0.2) is 6.71 Å². The summed E-state index contributed by atoms with van der Waals surface area (Å²) in [6.07, 6.45) is 0. The Morgan fingerprint density at radius 1 is 0.468 bits per heavy atom. The molecular formula is C43H32BN3. The van der Waals surface area contributed by atoms with Gasteiger partial charge in [0.1, 0.15) is 0 Å². The lowest BCUT2D eigenvalue weighted by molar-refractivity contribution is 1.24.